The topological polar surface area (TPSA) is 81.0 Å². The number of nitro groups is 1. The van der Waals surface area contributed by atoms with Gasteiger partial charge < -0.3 is 5.32 Å². The molecule has 21 heavy (non-hydrogen) atoms. The number of hydrogen-bond donors (Lipinski definition) is 1. The average Bonchev–Trinajstić information content (AvgIpc) is 2.32. The highest BCUT2D eigenvalue weighted by atomic mass is 79.9. The summed E-state index contributed by atoms with van der Waals surface area (Å²) in [5.74, 6) is -2.27. The van der Waals surface area contributed by atoms with Crippen LogP contribution in [0.1, 0.15) is 5.69 Å². The van der Waals surface area contributed by atoms with Crippen molar-refractivity contribution >= 4 is 44.7 Å². The summed E-state index contributed by atoms with van der Waals surface area (Å²) in [6, 6.07) is 2.01. The van der Waals surface area contributed by atoms with Crippen LogP contribution in [0.2, 0.25) is 5.28 Å². The van der Waals surface area contributed by atoms with Crippen molar-refractivity contribution in [3.63, 3.8) is 0 Å². The molecule has 6 nitrogen and oxygen atoms in total. The highest BCUT2D eigenvalue weighted by molar-refractivity contribution is 9.10. The lowest BCUT2D eigenvalue weighted by Crippen LogP contribution is -2.06. The van der Waals surface area contributed by atoms with E-state index in [0.717, 1.165) is 12.1 Å². The van der Waals surface area contributed by atoms with Crippen LogP contribution in [0, 0.1) is 28.7 Å². The Hall–Kier alpha value is -1.87. The minimum Gasteiger partial charge on any atom is -0.329 e. The minimum absolute atomic E-state index is 0.0274. The molecule has 0 amide bonds. The zero-order valence-corrected chi connectivity index (χ0v) is 12.7. The highest BCUT2D eigenvalue weighted by Gasteiger charge is 2.24. The molecule has 2 rings (SSSR count). The molecule has 0 spiro atoms. The molecular weight excluding hydrogens is 374 g/mol. The second kappa shape index (κ2) is 5.86. The molecule has 0 aliphatic heterocycles. The minimum atomic E-state index is -0.941. The molecule has 0 aliphatic carbocycles. The third-order valence-electron chi connectivity index (χ3n) is 2.46. The van der Waals surface area contributed by atoms with E-state index in [2.05, 4.69) is 31.2 Å². The number of rotatable bonds is 3. The molecule has 1 aromatic heterocycles. The van der Waals surface area contributed by atoms with Gasteiger partial charge in [-0.1, -0.05) is 15.9 Å². The van der Waals surface area contributed by atoms with Crippen LogP contribution < -0.4 is 5.32 Å². The second-order valence-corrected chi connectivity index (χ2v) is 5.16. The smallest absolute Gasteiger partial charge is 0.329 e. The van der Waals surface area contributed by atoms with Crippen LogP contribution in [0.5, 0.6) is 0 Å². The summed E-state index contributed by atoms with van der Waals surface area (Å²) in [5, 5.41) is 13.0. The number of aryl methyl sites for hydroxylation is 1. The van der Waals surface area contributed by atoms with E-state index in [1.54, 1.807) is 0 Å². The summed E-state index contributed by atoms with van der Waals surface area (Å²) in [6.07, 6.45) is 0. The Kier molecular flexibility index (Phi) is 4.33. The normalized spacial score (nSPS) is 10.5. The van der Waals surface area contributed by atoms with Crippen molar-refractivity contribution in [2.24, 2.45) is 0 Å². The third kappa shape index (κ3) is 3.24. The summed E-state index contributed by atoms with van der Waals surface area (Å²) >= 11 is 8.55. The second-order valence-electron chi connectivity index (χ2n) is 3.90. The number of halogens is 4. The Balaban J connectivity index is 2.57. The van der Waals surface area contributed by atoms with Gasteiger partial charge in [-0.3, -0.25) is 10.1 Å². The SMILES string of the molecule is Cc1nc(Cl)nc(Nc2c(F)cc(Br)cc2F)c1[N+](=O)[O-]. The van der Waals surface area contributed by atoms with Crippen LogP contribution in [0.25, 0.3) is 0 Å². The van der Waals surface area contributed by atoms with Gasteiger partial charge in [-0.2, -0.15) is 4.98 Å². The van der Waals surface area contributed by atoms with Gasteiger partial charge in [0.1, 0.15) is 11.4 Å². The largest absolute Gasteiger partial charge is 0.332 e. The molecular formula is C11H6BrClF2N4O2. The summed E-state index contributed by atoms with van der Waals surface area (Å²) in [4.78, 5) is 17.5. The molecule has 10 heteroatoms. The molecule has 0 radical (unpaired) electrons. The average molecular weight is 380 g/mol. The summed E-state index contributed by atoms with van der Waals surface area (Å²) in [7, 11) is 0. The number of nitrogens with one attached hydrogen (secondary N) is 1. The Morgan fingerprint density at radius 2 is 1.90 bits per heavy atom. The first-order chi connectivity index (χ1) is 9.79. The fourth-order valence-corrected chi connectivity index (χ4v) is 2.23. The van der Waals surface area contributed by atoms with Crippen molar-refractivity contribution in [1.29, 1.82) is 0 Å². The Labute approximate surface area is 130 Å². The van der Waals surface area contributed by atoms with Gasteiger partial charge in [-0.15, -0.1) is 0 Å². The van der Waals surface area contributed by atoms with E-state index in [9.17, 15) is 18.9 Å². The zero-order chi connectivity index (χ0) is 15.7. The molecule has 0 aliphatic rings. The lowest BCUT2D eigenvalue weighted by atomic mass is 10.2. The van der Waals surface area contributed by atoms with E-state index in [4.69, 9.17) is 11.6 Å². The molecule has 1 N–H and O–H groups in total. The van der Waals surface area contributed by atoms with E-state index in [1.807, 2.05) is 0 Å². The lowest BCUT2D eigenvalue weighted by Gasteiger charge is -2.10. The fraction of sp³-hybridized carbons (Fsp3) is 0.0909. The van der Waals surface area contributed by atoms with Crippen LogP contribution in [0.15, 0.2) is 16.6 Å². The maximum Gasteiger partial charge on any atom is 0.332 e. The molecule has 1 heterocycles. The van der Waals surface area contributed by atoms with Gasteiger partial charge in [0.25, 0.3) is 0 Å². The fourth-order valence-electron chi connectivity index (χ4n) is 1.62. The predicted molar refractivity (Wildman–Crippen MR) is 75.8 cm³/mol. The lowest BCUT2D eigenvalue weighted by molar-refractivity contribution is -0.385. The van der Waals surface area contributed by atoms with E-state index in [-0.39, 0.29) is 15.5 Å². The molecule has 0 atom stereocenters. The third-order valence-corrected chi connectivity index (χ3v) is 3.09. The Morgan fingerprint density at radius 1 is 1.33 bits per heavy atom. The monoisotopic (exact) mass is 378 g/mol. The maximum atomic E-state index is 13.8. The van der Waals surface area contributed by atoms with Gasteiger partial charge in [-0.05, 0) is 30.7 Å². The van der Waals surface area contributed by atoms with Gasteiger partial charge in [0.15, 0.2) is 11.6 Å². The Morgan fingerprint density at radius 3 is 2.43 bits per heavy atom. The van der Waals surface area contributed by atoms with Crippen molar-refractivity contribution in [3.8, 4) is 0 Å². The number of aromatic nitrogens is 2. The number of hydrogen-bond acceptors (Lipinski definition) is 5. The molecule has 0 saturated heterocycles. The van der Waals surface area contributed by atoms with Gasteiger partial charge in [0, 0.05) is 4.47 Å². The summed E-state index contributed by atoms with van der Waals surface area (Å²) < 4.78 is 27.7. The Bertz CT molecular complexity index is 721. The first-order valence-electron chi connectivity index (χ1n) is 5.39. The van der Waals surface area contributed by atoms with E-state index < -0.39 is 33.8 Å². The molecule has 2 aromatic rings. The van der Waals surface area contributed by atoms with Crippen molar-refractivity contribution in [2.45, 2.75) is 6.92 Å². The summed E-state index contributed by atoms with van der Waals surface area (Å²) in [6.45, 7) is 1.34. The quantitative estimate of drug-likeness (QED) is 0.493. The van der Waals surface area contributed by atoms with Crippen LogP contribution in [-0.2, 0) is 0 Å². The molecule has 0 fully saturated rings. The van der Waals surface area contributed by atoms with Crippen LogP contribution in [0.4, 0.5) is 26.0 Å². The molecule has 0 unspecified atom stereocenters. The molecule has 0 saturated carbocycles. The summed E-state index contributed by atoms with van der Waals surface area (Å²) in [5.41, 5.74) is -1.11. The van der Waals surface area contributed by atoms with E-state index in [0.29, 0.717) is 0 Å². The van der Waals surface area contributed by atoms with Gasteiger partial charge in [0.05, 0.1) is 4.92 Å². The standard InChI is InChI=1S/C11H6BrClF2N4O2/c1-4-9(19(20)21)10(18-11(13)16-4)17-8-6(14)2-5(12)3-7(8)15/h2-3H,1H3,(H,16,17,18). The van der Waals surface area contributed by atoms with Gasteiger partial charge in [-0.25, -0.2) is 13.8 Å². The van der Waals surface area contributed by atoms with Crippen molar-refractivity contribution in [1.82, 2.24) is 9.97 Å². The maximum absolute atomic E-state index is 13.8. The van der Waals surface area contributed by atoms with Crippen LogP contribution >= 0.6 is 27.5 Å². The number of nitrogens with zero attached hydrogens (tertiary/aromatic N) is 3. The highest BCUT2D eigenvalue weighted by Crippen LogP contribution is 2.32. The van der Waals surface area contributed by atoms with E-state index >= 15 is 0 Å². The van der Waals surface area contributed by atoms with Gasteiger partial charge >= 0.3 is 5.69 Å². The zero-order valence-electron chi connectivity index (χ0n) is 10.3. The van der Waals surface area contributed by atoms with Crippen molar-refractivity contribution in [3.05, 3.63) is 49.3 Å². The van der Waals surface area contributed by atoms with E-state index in [1.165, 1.54) is 6.92 Å². The van der Waals surface area contributed by atoms with Crippen molar-refractivity contribution in [2.75, 3.05) is 5.32 Å². The van der Waals surface area contributed by atoms with Gasteiger partial charge in [0.2, 0.25) is 11.1 Å². The number of benzene rings is 1. The number of anilines is 2. The molecule has 0 bridgehead atoms. The van der Waals surface area contributed by atoms with Crippen LogP contribution in [0.3, 0.4) is 0 Å². The van der Waals surface area contributed by atoms with Crippen LogP contribution in [-0.4, -0.2) is 14.9 Å². The first kappa shape index (κ1) is 15.5. The van der Waals surface area contributed by atoms with Crippen molar-refractivity contribution < 1.29 is 13.7 Å². The molecule has 110 valence electrons. The predicted octanol–water partition coefficient (Wildman–Crippen LogP) is 4.13. The molecule has 1 aromatic carbocycles. The first-order valence-corrected chi connectivity index (χ1v) is 6.56.